The number of anilines is 1. The fourth-order valence-electron chi connectivity index (χ4n) is 3.67. The summed E-state index contributed by atoms with van der Waals surface area (Å²) in [6.45, 7) is 8.02. The van der Waals surface area contributed by atoms with Gasteiger partial charge in [0, 0.05) is 18.2 Å². The van der Waals surface area contributed by atoms with Crippen LogP contribution in [0.3, 0.4) is 0 Å². The summed E-state index contributed by atoms with van der Waals surface area (Å²) in [7, 11) is -3.73. The monoisotopic (exact) mass is 493 g/mol. The molecule has 1 heterocycles. The van der Waals surface area contributed by atoms with Crippen molar-refractivity contribution in [2.75, 3.05) is 5.32 Å². The molecule has 0 fully saturated rings. The molecular formula is C26H27N3O3S2. The third kappa shape index (κ3) is 4.89. The van der Waals surface area contributed by atoms with E-state index >= 15 is 0 Å². The largest absolute Gasteiger partial charge is 0.298 e. The lowest BCUT2D eigenvalue weighted by molar-refractivity contribution is 0.102. The molecule has 0 bridgehead atoms. The molecule has 176 valence electrons. The first-order valence-electron chi connectivity index (χ1n) is 11.0. The maximum atomic E-state index is 13.3. The van der Waals surface area contributed by atoms with Gasteiger partial charge in [0.1, 0.15) is 0 Å². The zero-order chi connectivity index (χ0) is 24.5. The Labute approximate surface area is 204 Å². The molecule has 0 radical (unpaired) electrons. The summed E-state index contributed by atoms with van der Waals surface area (Å²) in [4.78, 5) is 17.5. The van der Waals surface area contributed by atoms with Crippen LogP contribution in [-0.4, -0.2) is 29.7 Å². The maximum absolute atomic E-state index is 13.3. The number of carbonyl (C=O) groups is 1. The van der Waals surface area contributed by atoms with Gasteiger partial charge >= 0.3 is 0 Å². The Hall–Kier alpha value is -3.07. The van der Waals surface area contributed by atoms with Crippen LogP contribution in [0, 0.1) is 13.8 Å². The van der Waals surface area contributed by atoms with Gasteiger partial charge in [-0.05, 0) is 74.7 Å². The van der Waals surface area contributed by atoms with E-state index in [2.05, 4.69) is 10.3 Å². The van der Waals surface area contributed by atoms with E-state index in [0.29, 0.717) is 10.7 Å². The Kier molecular flexibility index (Phi) is 6.84. The summed E-state index contributed by atoms with van der Waals surface area (Å²) in [5.74, 6) is -0.331. The molecule has 0 aliphatic carbocycles. The van der Waals surface area contributed by atoms with E-state index in [1.807, 2.05) is 70.2 Å². The normalized spacial score (nSPS) is 11.9. The molecule has 1 N–H and O–H groups in total. The number of hydrogen-bond donors (Lipinski definition) is 1. The molecule has 1 aromatic heterocycles. The Morgan fingerprint density at radius 1 is 1.00 bits per heavy atom. The molecular weight excluding hydrogens is 466 g/mol. The van der Waals surface area contributed by atoms with Gasteiger partial charge in [-0.25, -0.2) is 13.4 Å². The zero-order valence-electron chi connectivity index (χ0n) is 19.6. The Bertz CT molecular complexity index is 1430. The molecule has 0 saturated carbocycles. The molecule has 3 aromatic carbocycles. The van der Waals surface area contributed by atoms with Gasteiger partial charge in [-0.1, -0.05) is 47.7 Å². The number of benzene rings is 3. The zero-order valence-corrected chi connectivity index (χ0v) is 21.2. The number of thiazole rings is 1. The average Bonchev–Trinajstić information content (AvgIpc) is 3.23. The second-order valence-electron chi connectivity index (χ2n) is 8.48. The Morgan fingerprint density at radius 3 is 2.32 bits per heavy atom. The summed E-state index contributed by atoms with van der Waals surface area (Å²) in [6.07, 6.45) is 0. The third-order valence-electron chi connectivity index (χ3n) is 5.79. The quantitative estimate of drug-likeness (QED) is 0.355. The number of nitrogens with zero attached hydrogens (tertiary/aromatic N) is 2. The van der Waals surface area contributed by atoms with E-state index in [1.54, 1.807) is 0 Å². The van der Waals surface area contributed by atoms with E-state index in [0.717, 1.165) is 26.9 Å². The van der Waals surface area contributed by atoms with Crippen LogP contribution in [-0.2, 0) is 16.6 Å². The smallest absolute Gasteiger partial charge is 0.257 e. The molecule has 4 rings (SSSR count). The van der Waals surface area contributed by atoms with Gasteiger partial charge in [0.05, 0.1) is 15.1 Å². The standard InChI is InChI=1S/C26H27N3O3S2/c1-17(2)29(16-20-8-6-5-7-9-20)34(31,32)22-13-11-21(12-14-22)25(30)28-26-27-24-19(4)18(3)10-15-23(24)33-26/h5-15,17H,16H2,1-4H3,(H,27,28,30). The first-order valence-corrected chi connectivity index (χ1v) is 13.3. The minimum absolute atomic E-state index is 0.153. The summed E-state index contributed by atoms with van der Waals surface area (Å²) in [6, 6.07) is 19.3. The van der Waals surface area contributed by atoms with Crippen LogP contribution < -0.4 is 5.32 Å². The molecule has 0 atom stereocenters. The van der Waals surface area contributed by atoms with Crippen LogP contribution in [0.25, 0.3) is 10.2 Å². The van der Waals surface area contributed by atoms with Crippen molar-refractivity contribution >= 4 is 42.6 Å². The predicted molar refractivity (Wildman–Crippen MR) is 138 cm³/mol. The van der Waals surface area contributed by atoms with E-state index in [9.17, 15) is 13.2 Å². The molecule has 8 heteroatoms. The summed E-state index contributed by atoms with van der Waals surface area (Å²) >= 11 is 1.41. The second kappa shape index (κ2) is 9.66. The van der Waals surface area contributed by atoms with Crippen LogP contribution in [0.1, 0.15) is 40.9 Å². The van der Waals surface area contributed by atoms with E-state index in [1.165, 1.54) is 39.9 Å². The van der Waals surface area contributed by atoms with Crippen molar-refractivity contribution in [1.29, 1.82) is 0 Å². The van der Waals surface area contributed by atoms with Crippen LogP contribution in [0.2, 0.25) is 0 Å². The number of sulfonamides is 1. The highest BCUT2D eigenvalue weighted by molar-refractivity contribution is 7.89. The van der Waals surface area contributed by atoms with E-state index in [4.69, 9.17) is 0 Å². The van der Waals surface area contributed by atoms with Crippen LogP contribution in [0.4, 0.5) is 5.13 Å². The fourth-order valence-corrected chi connectivity index (χ4v) is 6.22. The second-order valence-corrected chi connectivity index (χ2v) is 11.4. The lowest BCUT2D eigenvalue weighted by Crippen LogP contribution is -2.36. The first-order chi connectivity index (χ1) is 16.2. The molecule has 0 aliphatic heterocycles. The summed E-state index contributed by atoms with van der Waals surface area (Å²) in [5, 5.41) is 3.35. The molecule has 0 saturated heterocycles. The van der Waals surface area contributed by atoms with Gasteiger partial charge in [0.15, 0.2) is 5.13 Å². The van der Waals surface area contributed by atoms with Crippen molar-refractivity contribution in [3.05, 3.63) is 89.0 Å². The highest BCUT2D eigenvalue weighted by Gasteiger charge is 2.27. The highest BCUT2D eigenvalue weighted by Crippen LogP contribution is 2.30. The van der Waals surface area contributed by atoms with Gasteiger partial charge in [-0.2, -0.15) is 4.31 Å². The molecule has 0 spiro atoms. The minimum Gasteiger partial charge on any atom is -0.298 e. The van der Waals surface area contributed by atoms with Crippen LogP contribution >= 0.6 is 11.3 Å². The number of nitrogens with one attached hydrogen (secondary N) is 1. The van der Waals surface area contributed by atoms with E-state index in [-0.39, 0.29) is 23.4 Å². The SMILES string of the molecule is Cc1ccc2sc(NC(=O)c3ccc(S(=O)(=O)N(Cc4ccccc4)C(C)C)cc3)nc2c1C. The number of rotatable bonds is 7. The number of carbonyl (C=O) groups excluding carboxylic acids is 1. The first kappa shape index (κ1) is 24.1. The van der Waals surface area contributed by atoms with Crippen molar-refractivity contribution in [3.63, 3.8) is 0 Å². The van der Waals surface area contributed by atoms with Crippen molar-refractivity contribution in [2.45, 2.75) is 45.2 Å². The van der Waals surface area contributed by atoms with Gasteiger partial charge in [0.25, 0.3) is 5.91 Å². The Morgan fingerprint density at radius 2 is 1.68 bits per heavy atom. The van der Waals surface area contributed by atoms with Crippen LogP contribution in [0.5, 0.6) is 0 Å². The van der Waals surface area contributed by atoms with Gasteiger partial charge in [-0.15, -0.1) is 0 Å². The number of fused-ring (bicyclic) bond motifs is 1. The lowest BCUT2D eigenvalue weighted by atomic mass is 10.1. The van der Waals surface area contributed by atoms with Gasteiger partial charge in [0.2, 0.25) is 10.0 Å². The van der Waals surface area contributed by atoms with Crippen molar-refractivity contribution < 1.29 is 13.2 Å². The van der Waals surface area contributed by atoms with Crippen molar-refractivity contribution in [3.8, 4) is 0 Å². The molecule has 0 aliphatic rings. The molecule has 0 unspecified atom stereocenters. The lowest BCUT2D eigenvalue weighted by Gasteiger charge is -2.26. The topological polar surface area (TPSA) is 79.4 Å². The molecule has 4 aromatic rings. The number of hydrogen-bond acceptors (Lipinski definition) is 5. The maximum Gasteiger partial charge on any atom is 0.257 e. The molecule has 34 heavy (non-hydrogen) atoms. The minimum atomic E-state index is -3.73. The summed E-state index contributed by atoms with van der Waals surface area (Å²) in [5.41, 5.74) is 4.40. The van der Waals surface area contributed by atoms with Gasteiger partial charge in [-0.3, -0.25) is 10.1 Å². The predicted octanol–water partition coefficient (Wildman–Crippen LogP) is 5.76. The number of aryl methyl sites for hydroxylation is 2. The molecule has 6 nitrogen and oxygen atoms in total. The Balaban J connectivity index is 1.53. The fraction of sp³-hybridized carbons (Fsp3) is 0.231. The van der Waals surface area contributed by atoms with Crippen LogP contribution in [0.15, 0.2) is 71.6 Å². The van der Waals surface area contributed by atoms with E-state index < -0.39 is 10.0 Å². The molecule has 1 amide bonds. The highest BCUT2D eigenvalue weighted by atomic mass is 32.2. The summed E-state index contributed by atoms with van der Waals surface area (Å²) < 4.78 is 29.1. The number of aromatic nitrogens is 1. The third-order valence-corrected chi connectivity index (χ3v) is 8.76. The average molecular weight is 494 g/mol. The van der Waals surface area contributed by atoms with Crippen molar-refractivity contribution in [1.82, 2.24) is 9.29 Å². The van der Waals surface area contributed by atoms with Gasteiger partial charge < -0.3 is 0 Å². The number of amides is 1. The van der Waals surface area contributed by atoms with Crippen molar-refractivity contribution in [2.24, 2.45) is 0 Å².